The van der Waals surface area contributed by atoms with Crippen LogP contribution in [-0.4, -0.2) is 20.9 Å². The number of carboxylic acid groups (broad SMARTS) is 1. The zero-order valence-electron chi connectivity index (χ0n) is 14.3. The number of halogens is 1. The molecule has 3 rings (SSSR count). The number of carbonyl (C=O) groups is 1. The van der Waals surface area contributed by atoms with E-state index >= 15 is 0 Å². The molecule has 1 aromatic heterocycles. The minimum absolute atomic E-state index is 0.0999. The summed E-state index contributed by atoms with van der Waals surface area (Å²) in [6.07, 6.45) is 1.67. The van der Waals surface area contributed by atoms with Gasteiger partial charge in [0.2, 0.25) is 0 Å². The SMILES string of the molecule is Cc1c(-c2ccnn2C(C)C)cc(-c2ccccc2)c(F)c1C(=O)O. The Morgan fingerprint density at radius 3 is 2.44 bits per heavy atom. The molecule has 0 radical (unpaired) electrons. The first-order valence-electron chi connectivity index (χ1n) is 8.07. The highest BCUT2D eigenvalue weighted by Gasteiger charge is 2.23. The molecule has 0 unspecified atom stereocenters. The van der Waals surface area contributed by atoms with Crippen molar-refractivity contribution in [1.29, 1.82) is 0 Å². The van der Waals surface area contributed by atoms with Crippen molar-refractivity contribution in [3.05, 3.63) is 65.6 Å². The highest BCUT2D eigenvalue weighted by molar-refractivity contribution is 5.95. The van der Waals surface area contributed by atoms with Crippen LogP contribution in [0.4, 0.5) is 4.39 Å². The van der Waals surface area contributed by atoms with Crippen molar-refractivity contribution in [1.82, 2.24) is 9.78 Å². The van der Waals surface area contributed by atoms with Gasteiger partial charge in [-0.3, -0.25) is 4.68 Å². The molecule has 0 saturated heterocycles. The van der Waals surface area contributed by atoms with Gasteiger partial charge >= 0.3 is 5.97 Å². The van der Waals surface area contributed by atoms with Gasteiger partial charge in [0.1, 0.15) is 5.82 Å². The zero-order chi connectivity index (χ0) is 18.1. The van der Waals surface area contributed by atoms with Gasteiger partial charge in [0, 0.05) is 23.4 Å². The maximum absolute atomic E-state index is 14.9. The van der Waals surface area contributed by atoms with E-state index in [1.54, 1.807) is 48.1 Å². The van der Waals surface area contributed by atoms with Crippen LogP contribution in [0.25, 0.3) is 22.4 Å². The number of carboxylic acids is 1. The summed E-state index contributed by atoms with van der Waals surface area (Å²) in [4.78, 5) is 11.7. The second kappa shape index (κ2) is 6.51. The molecule has 5 heteroatoms. The standard InChI is InChI=1S/C20H19FN2O2/c1-12(2)23-17(9-10-22-23)15-11-16(14-7-5-4-6-8-14)19(21)18(13(15)3)20(24)25/h4-12H,1-3H3,(H,24,25). The first-order chi connectivity index (χ1) is 11.9. The molecule has 3 aromatic rings. The fourth-order valence-electron chi connectivity index (χ4n) is 3.04. The lowest BCUT2D eigenvalue weighted by Gasteiger charge is -2.17. The average Bonchev–Trinajstić information content (AvgIpc) is 3.05. The Balaban J connectivity index is 2.35. The van der Waals surface area contributed by atoms with Crippen LogP contribution in [0.3, 0.4) is 0 Å². The Labute approximate surface area is 145 Å². The van der Waals surface area contributed by atoms with Gasteiger partial charge in [0.05, 0.1) is 11.3 Å². The lowest BCUT2D eigenvalue weighted by Crippen LogP contribution is -2.10. The number of benzene rings is 2. The summed E-state index contributed by atoms with van der Waals surface area (Å²) in [6, 6.07) is 12.6. The molecule has 0 spiro atoms. The molecule has 0 bridgehead atoms. The van der Waals surface area contributed by atoms with E-state index in [4.69, 9.17) is 0 Å². The molecule has 4 nitrogen and oxygen atoms in total. The third kappa shape index (κ3) is 2.93. The van der Waals surface area contributed by atoms with Gasteiger partial charge in [-0.05, 0) is 44.0 Å². The number of aromatic nitrogens is 2. The maximum Gasteiger partial charge on any atom is 0.339 e. The van der Waals surface area contributed by atoms with Crippen LogP contribution in [0, 0.1) is 12.7 Å². The highest BCUT2D eigenvalue weighted by Crippen LogP contribution is 2.35. The molecular weight excluding hydrogens is 319 g/mol. The number of aromatic carboxylic acids is 1. The smallest absolute Gasteiger partial charge is 0.339 e. The summed E-state index contributed by atoms with van der Waals surface area (Å²) < 4.78 is 16.8. The fourth-order valence-corrected chi connectivity index (χ4v) is 3.04. The average molecular weight is 338 g/mol. The van der Waals surface area contributed by atoms with E-state index in [1.807, 2.05) is 26.0 Å². The molecule has 0 aliphatic carbocycles. The maximum atomic E-state index is 14.9. The molecule has 128 valence electrons. The molecule has 1 heterocycles. The van der Waals surface area contributed by atoms with E-state index in [0.717, 1.165) is 5.69 Å². The van der Waals surface area contributed by atoms with Crippen LogP contribution >= 0.6 is 0 Å². The third-order valence-electron chi connectivity index (χ3n) is 4.26. The van der Waals surface area contributed by atoms with Crippen LogP contribution in [0.5, 0.6) is 0 Å². The van der Waals surface area contributed by atoms with Crippen molar-refractivity contribution in [2.75, 3.05) is 0 Å². The number of nitrogens with zero attached hydrogens (tertiary/aromatic N) is 2. The van der Waals surface area contributed by atoms with Crippen LogP contribution in [0.1, 0.15) is 35.8 Å². The van der Waals surface area contributed by atoms with Crippen LogP contribution in [0.15, 0.2) is 48.7 Å². The van der Waals surface area contributed by atoms with Gasteiger partial charge in [-0.25, -0.2) is 9.18 Å². The molecular formula is C20H19FN2O2. The molecule has 0 fully saturated rings. The van der Waals surface area contributed by atoms with Crippen LogP contribution in [0.2, 0.25) is 0 Å². The van der Waals surface area contributed by atoms with Crippen LogP contribution in [-0.2, 0) is 0 Å². The fraction of sp³-hybridized carbons (Fsp3) is 0.200. The van der Waals surface area contributed by atoms with E-state index < -0.39 is 11.8 Å². The number of rotatable bonds is 4. The summed E-state index contributed by atoms with van der Waals surface area (Å²) in [5.74, 6) is -1.99. The summed E-state index contributed by atoms with van der Waals surface area (Å²) >= 11 is 0. The lowest BCUT2D eigenvalue weighted by atomic mass is 9.92. The normalized spacial score (nSPS) is 11.1. The molecule has 0 saturated carbocycles. The quantitative estimate of drug-likeness (QED) is 0.733. The van der Waals surface area contributed by atoms with Crippen molar-refractivity contribution < 1.29 is 14.3 Å². The van der Waals surface area contributed by atoms with Gasteiger partial charge in [-0.15, -0.1) is 0 Å². The van der Waals surface area contributed by atoms with E-state index in [9.17, 15) is 14.3 Å². The minimum Gasteiger partial charge on any atom is -0.478 e. The van der Waals surface area contributed by atoms with Gasteiger partial charge in [0.25, 0.3) is 0 Å². The van der Waals surface area contributed by atoms with Crippen molar-refractivity contribution in [2.45, 2.75) is 26.8 Å². The van der Waals surface area contributed by atoms with E-state index in [2.05, 4.69) is 5.10 Å². The van der Waals surface area contributed by atoms with Gasteiger partial charge in [-0.2, -0.15) is 5.10 Å². The van der Waals surface area contributed by atoms with Crippen molar-refractivity contribution in [3.63, 3.8) is 0 Å². The summed E-state index contributed by atoms with van der Waals surface area (Å²) in [7, 11) is 0. The molecule has 0 aliphatic rings. The zero-order valence-corrected chi connectivity index (χ0v) is 14.3. The third-order valence-corrected chi connectivity index (χ3v) is 4.26. The Kier molecular flexibility index (Phi) is 4.40. The lowest BCUT2D eigenvalue weighted by molar-refractivity contribution is 0.0691. The Bertz CT molecular complexity index is 930. The molecule has 2 aromatic carbocycles. The molecule has 25 heavy (non-hydrogen) atoms. The molecule has 1 N–H and O–H groups in total. The largest absolute Gasteiger partial charge is 0.478 e. The topological polar surface area (TPSA) is 55.1 Å². The molecule has 0 aliphatic heterocycles. The van der Waals surface area contributed by atoms with Gasteiger partial charge < -0.3 is 5.11 Å². The Morgan fingerprint density at radius 2 is 1.84 bits per heavy atom. The van der Waals surface area contributed by atoms with E-state index in [0.29, 0.717) is 16.7 Å². The summed E-state index contributed by atoms with van der Waals surface area (Å²) in [6.45, 7) is 5.62. The van der Waals surface area contributed by atoms with Crippen LogP contribution < -0.4 is 0 Å². The second-order valence-corrected chi connectivity index (χ2v) is 6.21. The summed E-state index contributed by atoms with van der Waals surface area (Å²) in [5.41, 5.74) is 2.45. The van der Waals surface area contributed by atoms with Crippen molar-refractivity contribution in [2.24, 2.45) is 0 Å². The second-order valence-electron chi connectivity index (χ2n) is 6.21. The van der Waals surface area contributed by atoms with Crippen molar-refractivity contribution in [3.8, 4) is 22.4 Å². The summed E-state index contributed by atoms with van der Waals surface area (Å²) in [5, 5.41) is 13.9. The first-order valence-corrected chi connectivity index (χ1v) is 8.07. The van der Waals surface area contributed by atoms with Gasteiger partial charge in [-0.1, -0.05) is 30.3 Å². The Hall–Kier alpha value is -2.95. The van der Waals surface area contributed by atoms with E-state index in [1.165, 1.54) is 0 Å². The van der Waals surface area contributed by atoms with Gasteiger partial charge in [0.15, 0.2) is 0 Å². The predicted molar refractivity (Wildman–Crippen MR) is 95.1 cm³/mol. The van der Waals surface area contributed by atoms with Crippen molar-refractivity contribution >= 4 is 5.97 Å². The first kappa shape index (κ1) is 16.9. The minimum atomic E-state index is -1.27. The molecule has 0 amide bonds. The van der Waals surface area contributed by atoms with E-state index in [-0.39, 0.29) is 17.2 Å². The predicted octanol–water partition coefficient (Wildman–Crippen LogP) is 4.94. The molecule has 0 atom stereocenters. The Morgan fingerprint density at radius 1 is 1.16 bits per heavy atom. The number of hydrogen-bond donors (Lipinski definition) is 1. The monoisotopic (exact) mass is 338 g/mol. The number of hydrogen-bond acceptors (Lipinski definition) is 2. The highest BCUT2D eigenvalue weighted by atomic mass is 19.1.